The molecule has 3 aromatic carbocycles. The Morgan fingerprint density at radius 2 is 1.30 bits per heavy atom. The molecule has 18 heteroatoms. The first-order valence-corrected chi connectivity index (χ1v) is 16.4. The van der Waals surface area contributed by atoms with E-state index in [0.29, 0.717) is 5.56 Å². The topological polar surface area (TPSA) is 296 Å². The molecule has 2 aliphatic rings. The highest BCUT2D eigenvalue weighted by Crippen LogP contribution is 2.38. The number of carbonyl (C=O) groups excluding carboxylic acids is 1. The van der Waals surface area contributed by atoms with Gasteiger partial charge in [0.05, 0.1) is 6.61 Å². The Labute approximate surface area is 304 Å². The van der Waals surface area contributed by atoms with Crippen molar-refractivity contribution in [1.29, 1.82) is 0 Å². The van der Waals surface area contributed by atoms with E-state index in [4.69, 9.17) is 28.1 Å². The van der Waals surface area contributed by atoms with E-state index in [2.05, 4.69) is 0 Å². The molecule has 0 unspecified atom stereocenters. The molecule has 2 fully saturated rings. The van der Waals surface area contributed by atoms with Crippen LogP contribution in [0.5, 0.6) is 28.7 Å². The number of phenolic OH excluding ortho intramolecular Hbond substituents is 3. The molecule has 1 aromatic heterocycles. The van der Waals surface area contributed by atoms with Crippen molar-refractivity contribution in [2.45, 2.75) is 61.4 Å². The third-order valence-electron chi connectivity index (χ3n) is 8.73. The predicted molar refractivity (Wildman–Crippen MR) is 181 cm³/mol. The van der Waals surface area contributed by atoms with Gasteiger partial charge >= 0.3 is 5.97 Å². The SMILES string of the molecule is O=C(/C=C/c1ccc(O)cc1)OC[C@H]1O[C@@H](Oc2c(-c3ccc(O)cc3)oc3cc(O[C@@H]4O[C@H](CO)[C@@H](O)[C@H](O)[C@H]4O)cc(O)c3c2=O)[C@H](O)[C@H](O)[C@@H]1O. The normalized spacial score (nSPS) is 28.6. The Morgan fingerprint density at radius 3 is 1.93 bits per heavy atom. The van der Waals surface area contributed by atoms with E-state index in [0.717, 1.165) is 18.2 Å². The number of hydrogen-bond donors (Lipinski definition) is 10. The van der Waals surface area contributed by atoms with Gasteiger partial charge < -0.3 is 79.2 Å². The summed E-state index contributed by atoms with van der Waals surface area (Å²) in [4.78, 5) is 26.4. The van der Waals surface area contributed by atoms with Crippen molar-refractivity contribution in [2.24, 2.45) is 0 Å². The number of ether oxygens (including phenoxy) is 5. The molecule has 3 heterocycles. The summed E-state index contributed by atoms with van der Waals surface area (Å²) in [5.41, 5.74) is -0.665. The summed E-state index contributed by atoms with van der Waals surface area (Å²) in [6, 6.07) is 13.2. The molecule has 54 heavy (non-hydrogen) atoms. The number of benzene rings is 3. The maximum absolute atomic E-state index is 14.0. The van der Waals surface area contributed by atoms with Crippen molar-refractivity contribution in [3.63, 3.8) is 0 Å². The number of hydrogen-bond acceptors (Lipinski definition) is 18. The molecule has 0 amide bonds. The van der Waals surface area contributed by atoms with Gasteiger partial charge in [0.15, 0.2) is 5.76 Å². The molecule has 0 radical (unpaired) electrons. The molecule has 10 N–H and O–H groups in total. The lowest BCUT2D eigenvalue weighted by atomic mass is 9.99. The third kappa shape index (κ3) is 7.97. The lowest BCUT2D eigenvalue weighted by Crippen LogP contribution is -2.60. The zero-order chi connectivity index (χ0) is 38.8. The van der Waals surface area contributed by atoms with Crippen LogP contribution in [0, 0.1) is 0 Å². The molecule has 0 saturated carbocycles. The first-order chi connectivity index (χ1) is 25.7. The summed E-state index contributed by atoms with van der Waals surface area (Å²) in [5, 5.41) is 102. The number of aromatic hydroxyl groups is 3. The number of carbonyl (C=O) groups is 1. The van der Waals surface area contributed by atoms with Gasteiger partial charge in [-0.3, -0.25) is 4.79 Å². The van der Waals surface area contributed by atoms with Crippen LogP contribution in [-0.2, 0) is 19.0 Å². The standard InChI is InChI=1S/C36H36O18/c37-13-22-26(42)29(45)31(47)35(52-22)50-19-11-20(40)25-21(12-19)51-33(16-4-8-18(39)9-5-16)34(28(25)44)54-36-32(48)30(46)27(43)23(53-36)14-49-24(41)10-3-15-1-6-17(38)7-2-15/h1-12,22-23,26-27,29-32,35-40,42-43,45-48H,13-14H2/b10-3+/t22-,23-,26-,27-,29+,30-,31-,32-,35-,36+/m1/s1. The fourth-order valence-electron chi connectivity index (χ4n) is 5.76. The van der Waals surface area contributed by atoms with Crippen molar-refractivity contribution >= 4 is 23.0 Å². The number of phenols is 3. The smallest absolute Gasteiger partial charge is 0.330 e. The Morgan fingerprint density at radius 1 is 0.722 bits per heavy atom. The van der Waals surface area contributed by atoms with E-state index in [1.807, 2.05) is 0 Å². The fourth-order valence-corrected chi connectivity index (χ4v) is 5.76. The third-order valence-corrected chi connectivity index (χ3v) is 8.73. The zero-order valence-electron chi connectivity index (χ0n) is 27.9. The van der Waals surface area contributed by atoms with Crippen LogP contribution < -0.4 is 14.9 Å². The van der Waals surface area contributed by atoms with E-state index >= 15 is 0 Å². The van der Waals surface area contributed by atoms with Crippen LogP contribution in [0.1, 0.15) is 5.56 Å². The highest BCUT2D eigenvalue weighted by Gasteiger charge is 2.47. The van der Waals surface area contributed by atoms with Gasteiger partial charge in [-0.15, -0.1) is 0 Å². The molecule has 0 spiro atoms. The van der Waals surface area contributed by atoms with E-state index in [1.54, 1.807) is 12.1 Å². The minimum Gasteiger partial charge on any atom is -0.508 e. The maximum atomic E-state index is 14.0. The number of aliphatic hydroxyl groups is 7. The van der Waals surface area contributed by atoms with Crippen molar-refractivity contribution in [2.75, 3.05) is 13.2 Å². The van der Waals surface area contributed by atoms with Gasteiger partial charge in [0.2, 0.25) is 23.8 Å². The minimum absolute atomic E-state index is 0.0259. The van der Waals surface area contributed by atoms with Gasteiger partial charge in [-0.05, 0) is 48.0 Å². The molecule has 2 aliphatic heterocycles. The quantitative estimate of drug-likeness (QED) is 0.0700. The summed E-state index contributed by atoms with van der Waals surface area (Å²) in [6.07, 6.45) is -14.8. The molecule has 0 bridgehead atoms. The first kappa shape index (κ1) is 38.4. The van der Waals surface area contributed by atoms with Gasteiger partial charge in [0, 0.05) is 23.8 Å². The summed E-state index contributed by atoms with van der Waals surface area (Å²) in [5.74, 6) is -2.99. The van der Waals surface area contributed by atoms with Crippen molar-refractivity contribution in [3.05, 3.63) is 82.5 Å². The predicted octanol–water partition coefficient (Wildman–Crippen LogP) is -0.802. The summed E-state index contributed by atoms with van der Waals surface area (Å²) in [6.45, 7) is -1.37. The summed E-state index contributed by atoms with van der Waals surface area (Å²) in [7, 11) is 0. The minimum atomic E-state index is -1.98. The second kappa shape index (κ2) is 16.0. The molecule has 2 saturated heterocycles. The Bertz CT molecular complexity index is 2030. The number of esters is 1. The largest absolute Gasteiger partial charge is 0.508 e. The number of rotatable bonds is 10. The van der Waals surface area contributed by atoms with Crippen molar-refractivity contribution in [3.8, 4) is 40.1 Å². The number of aliphatic hydroxyl groups excluding tert-OH is 7. The first-order valence-electron chi connectivity index (χ1n) is 16.4. The second-order valence-electron chi connectivity index (χ2n) is 12.5. The van der Waals surface area contributed by atoms with Crippen LogP contribution in [0.2, 0.25) is 0 Å². The Balaban J connectivity index is 1.29. The van der Waals surface area contributed by atoms with E-state index < -0.39 is 103 Å². The van der Waals surface area contributed by atoms with Crippen LogP contribution in [-0.4, -0.2) is 132 Å². The van der Waals surface area contributed by atoms with Crippen LogP contribution in [0.3, 0.4) is 0 Å². The molecule has 4 aromatic rings. The van der Waals surface area contributed by atoms with E-state index in [1.165, 1.54) is 42.5 Å². The van der Waals surface area contributed by atoms with Crippen LogP contribution in [0.15, 0.2) is 76.0 Å². The second-order valence-corrected chi connectivity index (χ2v) is 12.5. The lowest BCUT2D eigenvalue weighted by molar-refractivity contribution is -0.278. The summed E-state index contributed by atoms with van der Waals surface area (Å²) < 4.78 is 33.6. The Kier molecular flexibility index (Phi) is 11.4. The molecule has 10 atom stereocenters. The average Bonchev–Trinajstić information content (AvgIpc) is 3.15. The maximum Gasteiger partial charge on any atom is 0.330 e. The highest BCUT2D eigenvalue weighted by atomic mass is 16.7. The fraction of sp³-hybridized carbons (Fsp3) is 0.333. The van der Waals surface area contributed by atoms with Crippen LogP contribution >= 0.6 is 0 Å². The lowest BCUT2D eigenvalue weighted by Gasteiger charge is -2.39. The van der Waals surface area contributed by atoms with Crippen LogP contribution in [0.4, 0.5) is 0 Å². The van der Waals surface area contributed by atoms with E-state index in [9.17, 15) is 60.7 Å². The van der Waals surface area contributed by atoms with Crippen molar-refractivity contribution < 1.29 is 84.0 Å². The average molecular weight is 757 g/mol. The molecule has 0 aliphatic carbocycles. The molecule has 6 rings (SSSR count). The van der Waals surface area contributed by atoms with E-state index in [-0.39, 0.29) is 34.2 Å². The Hall–Kier alpha value is -5.28. The van der Waals surface area contributed by atoms with Gasteiger partial charge in [0.1, 0.15) is 89.4 Å². The van der Waals surface area contributed by atoms with Gasteiger partial charge in [-0.2, -0.15) is 0 Å². The van der Waals surface area contributed by atoms with Crippen LogP contribution in [0.25, 0.3) is 28.4 Å². The van der Waals surface area contributed by atoms with Gasteiger partial charge in [-0.25, -0.2) is 4.79 Å². The summed E-state index contributed by atoms with van der Waals surface area (Å²) >= 11 is 0. The monoisotopic (exact) mass is 756 g/mol. The molecule has 18 nitrogen and oxygen atoms in total. The molecule has 288 valence electrons. The molecular formula is C36H36O18. The van der Waals surface area contributed by atoms with Crippen molar-refractivity contribution in [1.82, 2.24) is 0 Å². The van der Waals surface area contributed by atoms with Gasteiger partial charge in [-0.1, -0.05) is 12.1 Å². The van der Waals surface area contributed by atoms with Gasteiger partial charge in [0.25, 0.3) is 0 Å². The molecular weight excluding hydrogens is 720 g/mol. The number of fused-ring (bicyclic) bond motifs is 1. The highest BCUT2D eigenvalue weighted by molar-refractivity contribution is 5.88. The zero-order valence-corrected chi connectivity index (χ0v) is 27.9.